The van der Waals surface area contributed by atoms with Gasteiger partial charge in [-0.25, -0.2) is 0 Å². The Morgan fingerprint density at radius 3 is 2.46 bits per heavy atom. The van der Waals surface area contributed by atoms with Gasteiger partial charge in [0.2, 0.25) is 0 Å². The average molecular weight is 176 g/mol. The van der Waals surface area contributed by atoms with Crippen molar-refractivity contribution in [2.75, 3.05) is 6.54 Å². The number of nitrogens with one attached hydrogen (secondary N) is 1. The van der Waals surface area contributed by atoms with Gasteiger partial charge in [0, 0.05) is 18.6 Å². The van der Waals surface area contributed by atoms with Crippen LogP contribution in [0, 0.1) is 0 Å². The van der Waals surface area contributed by atoms with Crippen LogP contribution >= 0.6 is 0 Å². The summed E-state index contributed by atoms with van der Waals surface area (Å²) >= 11 is 0. The molecule has 0 heterocycles. The summed E-state index contributed by atoms with van der Waals surface area (Å²) in [4.78, 5) is 0. The highest BCUT2D eigenvalue weighted by molar-refractivity contribution is 5.15. The molecule has 13 heavy (non-hydrogen) atoms. The second-order valence-electron chi connectivity index (χ2n) is 3.82. The molecule has 1 aliphatic carbocycles. The van der Waals surface area contributed by atoms with Crippen molar-refractivity contribution in [3.63, 3.8) is 0 Å². The van der Waals surface area contributed by atoms with Crippen LogP contribution in [0.25, 0.3) is 0 Å². The number of rotatable bonds is 4. The van der Waals surface area contributed by atoms with E-state index in [-0.39, 0.29) is 5.54 Å². The van der Waals surface area contributed by atoms with Crippen LogP contribution in [-0.2, 0) is 6.54 Å². The minimum absolute atomic E-state index is 0.274. The van der Waals surface area contributed by atoms with Crippen molar-refractivity contribution in [3.05, 3.63) is 35.9 Å². The third-order valence-corrected chi connectivity index (χ3v) is 2.75. The molecule has 3 N–H and O–H groups in total. The van der Waals surface area contributed by atoms with Gasteiger partial charge in [-0.15, -0.1) is 0 Å². The van der Waals surface area contributed by atoms with Crippen LogP contribution < -0.4 is 11.1 Å². The molecular formula is C11H16N2. The summed E-state index contributed by atoms with van der Waals surface area (Å²) < 4.78 is 0. The van der Waals surface area contributed by atoms with Crippen molar-refractivity contribution in [2.24, 2.45) is 5.73 Å². The summed E-state index contributed by atoms with van der Waals surface area (Å²) in [7, 11) is 0. The predicted octanol–water partition coefficient (Wildman–Crippen LogP) is 1.27. The molecule has 0 aromatic heterocycles. The van der Waals surface area contributed by atoms with Crippen molar-refractivity contribution >= 4 is 0 Å². The Morgan fingerprint density at radius 2 is 1.92 bits per heavy atom. The molecule has 0 spiro atoms. The monoisotopic (exact) mass is 176 g/mol. The Labute approximate surface area is 79.1 Å². The molecule has 0 atom stereocenters. The predicted molar refractivity (Wildman–Crippen MR) is 54.3 cm³/mol. The summed E-state index contributed by atoms with van der Waals surface area (Å²) in [6, 6.07) is 10.5. The van der Waals surface area contributed by atoms with E-state index >= 15 is 0 Å². The number of nitrogens with two attached hydrogens (primary N) is 1. The first-order chi connectivity index (χ1) is 6.35. The maximum Gasteiger partial charge on any atom is 0.0308 e. The maximum absolute atomic E-state index is 5.67. The highest BCUT2D eigenvalue weighted by Gasteiger charge is 2.40. The fraction of sp³-hybridized carbons (Fsp3) is 0.455. The highest BCUT2D eigenvalue weighted by Crippen LogP contribution is 2.34. The molecule has 2 heteroatoms. The summed E-state index contributed by atoms with van der Waals surface area (Å²) in [6.45, 7) is 1.71. The van der Waals surface area contributed by atoms with E-state index in [0.717, 1.165) is 13.1 Å². The zero-order valence-electron chi connectivity index (χ0n) is 7.79. The Bertz CT molecular complexity index is 265. The molecular weight excluding hydrogens is 160 g/mol. The number of benzene rings is 1. The van der Waals surface area contributed by atoms with Crippen LogP contribution in [0.5, 0.6) is 0 Å². The van der Waals surface area contributed by atoms with Crippen molar-refractivity contribution in [1.82, 2.24) is 5.32 Å². The van der Waals surface area contributed by atoms with Crippen molar-refractivity contribution < 1.29 is 0 Å². The fourth-order valence-corrected chi connectivity index (χ4v) is 1.49. The Kier molecular flexibility index (Phi) is 2.34. The molecule has 1 aromatic rings. The number of hydrogen-bond donors (Lipinski definition) is 2. The molecule has 0 unspecified atom stereocenters. The van der Waals surface area contributed by atoms with Crippen molar-refractivity contribution in [3.8, 4) is 0 Å². The van der Waals surface area contributed by atoms with Gasteiger partial charge in [0.1, 0.15) is 0 Å². The lowest BCUT2D eigenvalue weighted by Gasteiger charge is -2.14. The first-order valence-corrected chi connectivity index (χ1v) is 4.84. The van der Waals surface area contributed by atoms with Crippen molar-refractivity contribution in [2.45, 2.75) is 24.9 Å². The quantitative estimate of drug-likeness (QED) is 0.725. The Balaban J connectivity index is 1.86. The standard InChI is InChI=1S/C11H16N2/c12-9-11(6-7-11)13-8-10-4-2-1-3-5-10/h1-5,13H,6-9,12H2. The maximum atomic E-state index is 5.67. The van der Waals surface area contributed by atoms with E-state index < -0.39 is 0 Å². The Morgan fingerprint density at radius 1 is 1.23 bits per heavy atom. The lowest BCUT2D eigenvalue weighted by atomic mass is 10.2. The largest absolute Gasteiger partial charge is 0.329 e. The highest BCUT2D eigenvalue weighted by atomic mass is 15.0. The van der Waals surface area contributed by atoms with Gasteiger partial charge in [-0.05, 0) is 18.4 Å². The Hall–Kier alpha value is -0.860. The summed E-state index contributed by atoms with van der Waals surface area (Å²) in [6.07, 6.45) is 2.46. The van der Waals surface area contributed by atoms with Gasteiger partial charge in [-0.2, -0.15) is 0 Å². The zero-order valence-corrected chi connectivity index (χ0v) is 7.79. The third-order valence-electron chi connectivity index (χ3n) is 2.75. The van der Waals surface area contributed by atoms with Gasteiger partial charge in [0.05, 0.1) is 0 Å². The van der Waals surface area contributed by atoms with Gasteiger partial charge in [0.15, 0.2) is 0 Å². The van der Waals surface area contributed by atoms with Crippen LogP contribution in [0.4, 0.5) is 0 Å². The molecule has 0 bridgehead atoms. The molecule has 0 radical (unpaired) electrons. The summed E-state index contributed by atoms with van der Waals surface area (Å²) in [5.74, 6) is 0. The molecule has 1 saturated carbocycles. The van der Waals surface area contributed by atoms with Crippen LogP contribution in [0.1, 0.15) is 18.4 Å². The van der Waals surface area contributed by atoms with Gasteiger partial charge in [-0.1, -0.05) is 30.3 Å². The smallest absolute Gasteiger partial charge is 0.0308 e. The molecule has 0 amide bonds. The lowest BCUT2D eigenvalue weighted by Crippen LogP contribution is -2.37. The first-order valence-electron chi connectivity index (χ1n) is 4.84. The molecule has 2 nitrogen and oxygen atoms in total. The molecule has 0 saturated heterocycles. The van der Waals surface area contributed by atoms with Gasteiger partial charge >= 0.3 is 0 Å². The van der Waals surface area contributed by atoms with E-state index in [1.807, 2.05) is 6.07 Å². The normalized spacial score (nSPS) is 18.5. The summed E-state index contributed by atoms with van der Waals surface area (Å²) in [5.41, 5.74) is 7.28. The van der Waals surface area contributed by atoms with E-state index in [1.165, 1.54) is 18.4 Å². The third kappa shape index (κ3) is 2.08. The van der Waals surface area contributed by atoms with Crippen molar-refractivity contribution in [1.29, 1.82) is 0 Å². The molecule has 70 valence electrons. The fourth-order valence-electron chi connectivity index (χ4n) is 1.49. The number of hydrogen-bond acceptors (Lipinski definition) is 2. The van der Waals surface area contributed by atoms with Crippen LogP contribution in [0.3, 0.4) is 0 Å². The SMILES string of the molecule is NCC1(NCc2ccccc2)CC1. The molecule has 1 aromatic carbocycles. The van der Waals surface area contributed by atoms with Crippen LogP contribution in [0.2, 0.25) is 0 Å². The second-order valence-corrected chi connectivity index (χ2v) is 3.82. The molecule has 1 fully saturated rings. The average Bonchev–Trinajstić information content (AvgIpc) is 2.97. The van der Waals surface area contributed by atoms with Crippen LogP contribution in [-0.4, -0.2) is 12.1 Å². The molecule has 1 aliphatic rings. The second kappa shape index (κ2) is 3.48. The van der Waals surface area contributed by atoms with E-state index in [9.17, 15) is 0 Å². The lowest BCUT2D eigenvalue weighted by molar-refractivity contribution is 0.505. The van der Waals surface area contributed by atoms with Crippen LogP contribution in [0.15, 0.2) is 30.3 Å². The van der Waals surface area contributed by atoms with Gasteiger partial charge < -0.3 is 11.1 Å². The minimum Gasteiger partial charge on any atom is -0.329 e. The molecule has 0 aliphatic heterocycles. The van der Waals surface area contributed by atoms with E-state index in [4.69, 9.17) is 5.73 Å². The van der Waals surface area contributed by atoms with Gasteiger partial charge in [-0.3, -0.25) is 0 Å². The minimum atomic E-state index is 0.274. The van der Waals surface area contributed by atoms with Gasteiger partial charge in [0.25, 0.3) is 0 Å². The van der Waals surface area contributed by atoms with E-state index in [2.05, 4.69) is 29.6 Å². The summed E-state index contributed by atoms with van der Waals surface area (Å²) in [5, 5.41) is 3.51. The van der Waals surface area contributed by atoms with E-state index in [1.54, 1.807) is 0 Å². The van der Waals surface area contributed by atoms with E-state index in [0.29, 0.717) is 0 Å². The topological polar surface area (TPSA) is 38.0 Å². The first kappa shape index (κ1) is 8.73. The molecule has 2 rings (SSSR count). The zero-order chi connectivity index (χ0) is 9.15.